The van der Waals surface area contributed by atoms with E-state index in [1.165, 1.54) is 0 Å². The zero-order chi connectivity index (χ0) is 12.5. The molecule has 0 aliphatic carbocycles. The molecule has 1 unspecified atom stereocenters. The van der Waals surface area contributed by atoms with Crippen LogP contribution in [0, 0.1) is 0 Å². The minimum absolute atomic E-state index is 0.749. The molecule has 0 spiro atoms. The highest BCUT2D eigenvalue weighted by atomic mass is 32.3. The van der Waals surface area contributed by atoms with Crippen LogP contribution in [-0.2, 0) is 19.3 Å². The van der Waals surface area contributed by atoms with Gasteiger partial charge in [0.1, 0.15) is 18.3 Å². The van der Waals surface area contributed by atoms with Crippen molar-refractivity contribution in [2.75, 3.05) is 6.61 Å². The van der Waals surface area contributed by atoms with E-state index in [1.807, 2.05) is 0 Å². The fourth-order valence-corrected chi connectivity index (χ4v) is 1.56. The van der Waals surface area contributed by atoms with E-state index in [0.717, 1.165) is 0 Å². The summed E-state index contributed by atoms with van der Waals surface area (Å²) in [5.74, 6) is 0. The predicted octanol–water partition coefficient (Wildman–Crippen LogP) is -3.43. The molecule has 0 saturated carbocycles. The SMILES string of the molecule is N[C@H]1C(O)O[C@H](COS(=O)(=O)O)[C@@H](O)[C@@H]1O. The Labute approximate surface area is 91.3 Å². The third-order valence-corrected chi connectivity index (χ3v) is 2.58. The Morgan fingerprint density at radius 1 is 1.25 bits per heavy atom. The summed E-state index contributed by atoms with van der Waals surface area (Å²) < 4.78 is 37.4. The first kappa shape index (κ1) is 13.7. The van der Waals surface area contributed by atoms with E-state index in [9.17, 15) is 23.7 Å². The fourth-order valence-electron chi connectivity index (χ4n) is 1.26. The van der Waals surface area contributed by atoms with Gasteiger partial charge in [-0.3, -0.25) is 4.55 Å². The standard InChI is InChI=1S/C6H13NO8S/c7-3-5(9)4(8)2(15-6(3)10)1-14-16(11,12)13/h2-6,8-10H,1,7H2,(H,11,12,13)/t2-,3-,4-,5-,6?/m1/s1. The van der Waals surface area contributed by atoms with Gasteiger partial charge in [-0.25, -0.2) is 4.18 Å². The molecule has 0 radical (unpaired) electrons. The lowest BCUT2D eigenvalue weighted by Crippen LogP contribution is -2.62. The van der Waals surface area contributed by atoms with Crippen molar-refractivity contribution in [3.05, 3.63) is 0 Å². The molecule has 1 rings (SSSR count). The Morgan fingerprint density at radius 3 is 2.31 bits per heavy atom. The van der Waals surface area contributed by atoms with E-state index in [-0.39, 0.29) is 0 Å². The Bertz CT molecular complexity index is 331. The number of aliphatic hydroxyl groups is 3. The summed E-state index contributed by atoms with van der Waals surface area (Å²) in [6, 6.07) is -1.21. The van der Waals surface area contributed by atoms with Crippen molar-refractivity contribution in [2.24, 2.45) is 5.73 Å². The second-order valence-electron chi connectivity index (χ2n) is 3.34. The van der Waals surface area contributed by atoms with Crippen molar-refractivity contribution in [1.82, 2.24) is 0 Å². The molecule has 0 amide bonds. The molecule has 1 saturated heterocycles. The van der Waals surface area contributed by atoms with Crippen LogP contribution in [0.15, 0.2) is 0 Å². The number of hydrogen-bond donors (Lipinski definition) is 5. The molecule has 5 atom stereocenters. The normalized spacial score (nSPS) is 40.9. The zero-order valence-electron chi connectivity index (χ0n) is 8.00. The molecule has 0 bridgehead atoms. The Hall–Kier alpha value is -0.330. The van der Waals surface area contributed by atoms with Crippen LogP contribution in [0.5, 0.6) is 0 Å². The van der Waals surface area contributed by atoms with Crippen LogP contribution >= 0.6 is 0 Å². The second-order valence-corrected chi connectivity index (χ2v) is 4.43. The molecule has 0 aromatic carbocycles. The van der Waals surface area contributed by atoms with Gasteiger partial charge in [0.2, 0.25) is 0 Å². The monoisotopic (exact) mass is 259 g/mol. The van der Waals surface area contributed by atoms with Gasteiger partial charge in [-0.2, -0.15) is 8.42 Å². The molecule has 9 nitrogen and oxygen atoms in total. The summed E-state index contributed by atoms with van der Waals surface area (Å²) >= 11 is 0. The topological polar surface area (TPSA) is 160 Å². The van der Waals surface area contributed by atoms with E-state index in [2.05, 4.69) is 4.18 Å². The van der Waals surface area contributed by atoms with E-state index in [1.54, 1.807) is 0 Å². The van der Waals surface area contributed by atoms with Gasteiger partial charge >= 0.3 is 10.4 Å². The molecule has 6 N–H and O–H groups in total. The zero-order valence-corrected chi connectivity index (χ0v) is 8.82. The van der Waals surface area contributed by atoms with Crippen LogP contribution in [0.1, 0.15) is 0 Å². The lowest BCUT2D eigenvalue weighted by Gasteiger charge is -2.38. The van der Waals surface area contributed by atoms with Crippen molar-refractivity contribution in [3.63, 3.8) is 0 Å². The third-order valence-electron chi connectivity index (χ3n) is 2.15. The average molecular weight is 259 g/mol. The van der Waals surface area contributed by atoms with Gasteiger partial charge in [-0.1, -0.05) is 0 Å². The van der Waals surface area contributed by atoms with Crippen LogP contribution in [0.25, 0.3) is 0 Å². The van der Waals surface area contributed by atoms with E-state index >= 15 is 0 Å². The van der Waals surface area contributed by atoms with Crippen LogP contribution in [-0.4, -0.2) is 65.5 Å². The first-order valence-corrected chi connectivity index (χ1v) is 5.66. The van der Waals surface area contributed by atoms with Gasteiger partial charge in [-0.15, -0.1) is 0 Å². The van der Waals surface area contributed by atoms with Gasteiger partial charge in [0.25, 0.3) is 0 Å². The van der Waals surface area contributed by atoms with Crippen molar-refractivity contribution >= 4 is 10.4 Å². The summed E-state index contributed by atoms with van der Waals surface area (Å²) in [5.41, 5.74) is 5.26. The second kappa shape index (κ2) is 4.89. The first-order valence-electron chi connectivity index (χ1n) is 4.29. The van der Waals surface area contributed by atoms with Crippen molar-refractivity contribution in [2.45, 2.75) is 30.6 Å². The summed E-state index contributed by atoms with van der Waals surface area (Å²) in [7, 11) is -4.68. The molecular weight excluding hydrogens is 246 g/mol. The lowest BCUT2D eigenvalue weighted by molar-refractivity contribution is -0.247. The highest BCUT2D eigenvalue weighted by Crippen LogP contribution is 2.19. The summed E-state index contributed by atoms with van der Waals surface area (Å²) in [5, 5.41) is 27.9. The van der Waals surface area contributed by atoms with Gasteiger partial charge in [-0.05, 0) is 0 Å². The third kappa shape index (κ3) is 3.33. The summed E-state index contributed by atoms with van der Waals surface area (Å²) in [4.78, 5) is 0. The summed E-state index contributed by atoms with van der Waals surface area (Å²) in [6.45, 7) is -0.749. The molecule has 16 heavy (non-hydrogen) atoms. The molecule has 0 aromatic heterocycles. The highest BCUT2D eigenvalue weighted by Gasteiger charge is 2.42. The van der Waals surface area contributed by atoms with Gasteiger partial charge in [0.05, 0.1) is 12.6 Å². The van der Waals surface area contributed by atoms with E-state index in [0.29, 0.717) is 0 Å². The molecule has 1 fully saturated rings. The molecule has 1 aliphatic rings. The Morgan fingerprint density at radius 2 is 1.81 bits per heavy atom. The molecule has 96 valence electrons. The van der Waals surface area contributed by atoms with Crippen LogP contribution < -0.4 is 5.73 Å². The minimum Gasteiger partial charge on any atom is -0.388 e. The average Bonchev–Trinajstić information content (AvgIpc) is 2.17. The molecule has 10 heteroatoms. The fraction of sp³-hybridized carbons (Fsp3) is 1.00. The number of aliphatic hydroxyl groups excluding tert-OH is 3. The number of hydrogen-bond acceptors (Lipinski definition) is 8. The van der Waals surface area contributed by atoms with E-state index < -0.39 is 47.6 Å². The maximum Gasteiger partial charge on any atom is 0.397 e. The van der Waals surface area contributed by atoms with Gasteiger partial charge in [0.15, 0.2) is 6.29 Å². The predicted molar refractivity (Wildman–Crippen MR) is 48.4 cm³/mol. The van der Waals surface area contributed by atoms with Gasteiger partial charge in [0, 0.05) is 0 Å². The van der Waals surface area contributed by atoms with Crippen molar-refractivity contribution in [3.8, 4) is 0 Å². The maximum absolute atomic E-state index is 10.3. The molecule has 1 heterocycles. The van der Waals surface area contributed by atoms with E-state index in [4.69, 9.17) is 15.0 Å². The number of nitrogens with two attached hydrogens (primary N) is 1. The molecule has 0 aromatic rings. The smallest absolute Gasteiger partial charge is 0.388 e. The van der Waals surface area contributed by atoms with Gasteiger partial charge < -0.3 is 25.8 Å². The largest absolute Gasteiger partial charge is 0.397 e. The highest BCUT2D eigenvalue weighted by molar-refractivity contribution is 7.80. The number of rotatable bonds is 3. The van der Waals surface area contributed by atoms with Crippen LogP contribution in [0.2, 0.25) is 0 Å². The van der Waals surface area contributed by atoms with Crippen molar-refractivity contribution < 1.29 is 37.2 Å². The van der Waals surface area contributed by atoms with Crippen molar-refractivity contribution in [1.29, 1.82) is 0 Å². The maximum atomic E-state index is 10.3. The molecular formula is C6H13NO8S. The Balaban J connectivity index is 2.61. The first-order chi connectivity index (χ1) is 7.22. The summed E-state index contributed by atoms with van der Waals surface area (Å²) in [6.07, 6.45) is -5.89. The number of ether oxygens (including phenoxy) is 1. The van der Waals surface area contributed by atoms with Crippen LogP contribution in [0.4, 0.5) is 0 Å². The Kier molecular flexibility index (Phi) is 4.20. The quantitative estimate of drug-likeness (QED) is 0.325. The minimum atomic E-state index is -4.68. The lowest BCUT2D eigenvalue weighted by atomic mass is 9.98. The molecule has 1 aliphatic heterocycles. The van der Waals surface area contributed by atoms with Crippen LogP contribution in [0.3, 0.4) is 0 Å².